The predicted octanol–water partition coefficient (Wildman–Crippen LogP) is 4.91. The maximum Gasteiger partial charge on any atom is 0.221 e. The largest absolute Gasteiger partial charge is 0.439 e. The Balaban J connectivity index is 1.54. The van der Waals surface area contributed by atoms with Crippen molar-refractivity contribution in [3.8, 4) is 34.3 Å². The van der Waals surface area contributed by atoms with Gasteiger partial charge in [0.05, 0.1) is 17.1 Å². The monoisotopic (exact) mass is 379 g/mol. The van der Waals surface area contributed by atoms with Gasteiger partial charge in [-0.15, -0.1) is 0 Å². The van der Waals surface area contributed by atoms with Crippen molar-refractivity contribution in [3.05, 3.63) is 104 Å². The van der Waals surface area contributed by atoms with Gasteiger partial charge in [0.2, 0.25) is 5.88 Å². The fraction of sp³-hybridized carbons (Fsp3) is 0. The number of pyridine rings is 1. The summed E-state index contributed by atoms with van der Waals surface area (Å²) < 4.78 is 9.70. The summed E-state index contributed by atoms with van der Waals surface area (Å²) in [5.74, 6) is 1.18. The van der Waals surface area contributed by atoms with Crippen molar-refractivity contribution < 1.29 is 4.74 Å². The molecule has 5 rings (SSSR count). The lowest BCUT2D eigenvalue weighted by Crippen LogP contribution is -1.99. The van der Waals surface area contributed by atoms with Gasteiger partial charge in [-0.3, -0.25) is 0 Å². The summed E-state index contributed by atoms with van der Waals surface area (Å²) in [6, 6.07) is 25.4. The first-order valence-electron chi connectivity index (χ1n) is 9.21. The third kappa shape index (κ3) is 3.64. The summed E-state index contributed by atoms with van der Waals surface area (Å²) in [4.78, 5) is 4.72. The molecule has 0 aliphatic heterocycles. The molecule has 2 aromatic carbocycles. The highest BCUT2D eigenvalue weighted by molar-refractivity contribution is 5.63. The number of benzene rings is 2. The molecule has 3 heterocycles. The molecular formula is C23H17N5O. The number of nitrogens with zero attached hydrogens (tertiary/aromatic N) is 5. The Morgan fingerprint density at radius 1 is 0.655 bits per heavy atom. The van der Waals surface area contributed by atoms with E-state index < -0.39 is 0 Å². The van der Waals surface area contributed by atoms with Gasteiger partial charge < -0.3 is 4.74 Å². The van der Waals surface area contributed by atoms with Gasteiger partial charge in [-0.25, -0.2) is 14.3 Å². The van der Waals surface area contributed by atoms with E-state index in [-0.39, 0.29) is 0 Å². The van der Waals surface area contributed by atoms with Gasteiger partial charge in [-0.2, -0.15) is 10.2 Å². The van der Waals surface area contributed by atoms with Crippen molar-refractivity contribution in [2.24, 2.45) is 0 Å². The standard InChI is InChI=1S/C23H17N5O/c1-2-7-18(8-3-1)22-16-20(28-14-6-12-25-28)17-23(26-22)29-21-10-4-9-19(15-21)27-13-5-11-24-27/h1-17H. The maximum absolute atomic E-state index is 6.12. The molecule has 0 saturated heterocycles. The van der Waals surface area contributed by atoms with Crippen LogP contribution in [-0.4, -0.2) is 24.5 Å². The summed E-state index contributed by atoms with van der Waals surface area (Å²) >= 11 is 0. The Bertz CT molecular complexity index is 1220. The average Bonchev–Trinajstić information content (AvgIpc) is 3.49. The maximum atomic E-state index is 6.12. The highest BCUT2D eigenvalue weighted by Gasteiger charge is 2.09. The molecule has 0 atom stereocenters. The molecule has 0 amide bonds. The zero-order chi connectivity index (χ0) is 19.5. The predicted molar refractivity (Wildman–Crippen MR) is 110 cm³/mol. The van der Waals surface area contributed by atoms with E-state index in [0.717, 1.165) is 22.6 Å². The minimum atomic E-state index is 0.495. The number of aromatic nitrogens is 5. The van der Waals surface area contributed by atoms with Crippen molar-refractivity contribution in [2.45, 2.75) is 0 Å². The fourth-order valence-electron chi connectivity index (χ4n) is 3.09. The van der Waals surface area contributed by atoms with E-state index in [4.69, 9.17) is 9.72 Å². The Hall–Kier alpha value is -4.19. The fourth-order valence-corrected chi connectivity index (χ4v) is 3.09. The van der Waals surface area contributed by atoms with E-state index in [1.807, 2.05) is 91.3 Å². The van der Waals surface area contributed by atoms with Crippen LogP contribution in [0.4, 0.5) is 0 Å². The van der Waals surface area contributed by atoms with Gasteiger partial charge in [0, 0.05) is 42.5 Å². The van der Waals surface area contributed by atoms with Crippen molar-refractivity contribution in [3.63, 3.8) is 0 Å². The molecule has 0 unspecified atom stereocenters. The first-order chi connectivity index (χ1) is 14.3. The molecule has 140 valence electrons. The summed E-state index contributed by atoms with van der Waals surface area (Å²) in [5, 5.41) is 8.61. The van der Waals surface area contributed by atoms with E-state index in [0.29, 0.717) is 11.6 Å². The first-order valence-corrected chi connectivity index (χ1v) is 9.21. The average molecular weight is 379 g/mol. The van der Waals surface area contributed by atoms with Crippen LogP contribution in [0.3, 0.4) is 0 Å². The normalized spacial score (nSPS) is 10.8. The summed E-state index contributed by atoms with van der Waals surface area (Å²) in [6.07, 6.45) is 7.28. The SMILES string of the molecule is c1ccc(-c2cc(-n3cccn3)cc(Oc3cccc(-n4cccn4)c3)n2)cc1. The van der Waals surface area contributed by atoms with E-state index in [1.165, 1.54) is 0 Å². The topological polar surface area (TPSA) is 57.8 Å². The van der Waals surface area contributed by atoms with E-state index in [2.05, 4.69) is 10.2 Å². The van der Waals surface area contributed by atoms with Crippen LogP contribution in [0.15, 0.2) is 104 Å². The molecule has 3 aromatic heterocycles. The molecular weight excluding hydrogens is 362 g/mol. The van der Waals surface area contributed by atoms with E-state index in [1.54, 1.807) is 21.8 Å². The van der Waals surface area contributed by atoms with Gasteiger partial charge in [0.1, 0.15) is 5.75 Å². The molecule has 0 saturated carbocycles. The Morgan fingerprint density at radius 2 is 1.41 bits per heavy atom. The Kier molecular flexibility index (Phi) is 4.35. The molecule has 0 N–H and O–H groups in total. The third-order valence-electron chi connectivity index (χ3n) is 4.43. The second-order valence-electron chi connectivity index (χ2n) is 6.42. The number of hydrogen-bond acceptors (Lipinski definition) is 4. The highest BCUT2D eigenvalue weighted by Crippen LogP contribution is 2.28. The lowest BCUT2D eigenvalue weighted by molar-refractivity contribution is 0.462. The second-order valence-corrected chi connectivity index (χ2v) is 6.42. The van der Waals surface area contributed by atoms with Crippen LogP contribution in [-0.2, 0) is 0 Å². The highest BCUT2D eigenvalue weighted by atomic mass is 16.5. The molecule has 29 heavy (non-hydrogen) atoms. The van der Waals surface area contributed by atoms with Crippen LogP contribution in [0, 0.1) is 0 Å². The zero-order valence-corrected chi connectivity index (χ0v) is 15.5. The number of rotatable bonds is 5. The van der Waals surface area contributed by atoms with Crippen LogP contribution in [0.5, 0.6) is 11.6 Å². The Morgan fingerprint density at radius 3 is 2.14 bits per heavy atom. The third-order valence-corrected chi connectivity index (χ3v) is 4.43. The lowest BCUT2D eigenvalue weighted by Gasteiger charge is -2.11. The molecule has 0 bridgehead atoms. The van der Waals surface area contributed by atoms with Crippen LogP contribution in [0.25, 0.3) is 22.6 Å². The van der Waals surface area contributed by atoms with E-state index in [9.17, 15) is 0 Å². The molecule has 0 radical (unpaired) electrons. The first kappa shape index (κ1) is 16.9. The molecule has 6 nitrogen and oxygen atoms in total. The van der Waals surface area contributed by atoms with Crippen LogP contribution >= 0.6 is 0 Å². The molecule has 0 spiro atoms. The van der Waals surface area contributed by atoms with Crippen molar-refractivity contribution >= 4 is 0 Å². The molecule has 6 heteroatoms. The van der Waals surface area contributed by atoms with Crippen LogP contribution in [0.1, 0.15) is 0 Å². The zero-order valence-electron chi connectivity index (χ0n) is 15.5. The molecule has 0 fully saturated rings. The van der Waals surface area contributed by atoms with E-state index >= 15 is 0 Å². The van der Waals surface area contributed by atoms with Gasteiger partial charge in [-0.1, -0.05) is 36.4 Å². The van der Waals surface area contributed by atoms with Crippen molar-refractivity contribution in [1.29, 1.82) is 0 Å². The van der Waals surface area contributed by atoms with Crippen LogP contribution < -0.4 is 4.74 Å². The number of ether oxygens (including phenoxy) is 1. The van der Waals surface area contributed by atoms with Gasteiger partial charge in [-0.05, 0) is 30.3 Å². The summed E-state index contributed by atoms with van der Waals surface area (Å²) in [7, 11) is 0. The quantitative estimate of drug-likeness (QED) is 0.435. The van der Waals surface area contributed by atoms with Crippen molar-refractivity contribution in [2.75, 3.05) is 0 Å². The van der Waals surface area contributed by atoms with Gasteiger partial charge >= 0.3 is 0 Å². The summed E-state index contributed by atoms with van der Waals surface area (Å²) in [5.41, 5.74) is 3.62. The smallest absolute Gasteiger partial charge is 0.221 e. The number of hydrogen-bond donors (Lipinski definition) is 0. The Labute approximate surface area is 167 Å². The lowest BCUT2D eigenvalue weighted by atomic mass is 10.1. The minimum Gasteiger partial charge on any atom is -0.439 e. The molecule has 0 aliphatic carbocycles. The van der Waals surface area contributed by atoms with Gasteiger partial charge in [0.15, 0.2) is 0 Å². The molecule has 5 aromatic rings. The van der Waals surface area contributed by atoms with Crippen LogP contribution in [0.2, 0.25) is 0 Å². The minimum absolute atomic E-state index is 0.495. The van der Waals surface area contributed by atoms with Crippen molar-refractivity contribution in [1.82, 2.24) is 24.5 Å². The molecule has 0 aliphatic rings. The summed E-state index contributed by atoms with van der Waals surface area (Å²) in [6.45, 7) is 0. The van der Waals surface area contributed by atoms with Gasteiger partial charge in [0.25, 0.3) is 0 Å². The second kappa shape index (κ2) is 7.44.